The van der Waals surface area contributed by atoms with E-state index in [-0.39, 0.29) is 23.7 Å². The highest BCUT2D eigenvalue weighted by Crippen LogP contribution is 2.29. The number of carboxylic acids is 1. The summed E-state index contributed by atoms with van der Waals surface area (Å²) in [6, 6.07) is 6.09. The molecule has 2 aliphatic rings. The molecule has 6 nitrogen and oxygen atoms in total. The van der Waals surface area contributed by atoms with Crippen LogP contribution >= 0.6 is 0 Å². The molecule has 1 fully saturated rings. The SMILES string of the molecule is O=C(NC1CCCC(C(=O)O)CC1)c1nn(-c2ccc(F)cc2)c2c1CCC2. The Balaban J connectivity index is 1.53. The first-order chi connectivity index (χ1) is 13.5. The number of carboxylic acid groups (broad SMARTS) is 1. The Morgan fingerprint density at radius 3 is 2.61 bits per heavy atom. The lowest BCUT2D eigenvalue weighted by molar-refractivity contribution is -0.142. The zero-order chi connectivity index (χ0) is 19.7. The average Bonchev–Trinajstić information content (AvgIpc) is 3.19. The number of nitrogens with zero attached hydrogens (tertiary/aromatic N) is 2. The first kappa shape index (κ1) is 18.7. The first-order valence-electron chi connectivity index (χ1n) is 9.93. The van der Waals surface area contributed by atoms with Gasteiger partial charge in [-0.25, -0.2) is 9.07 Å². The highest BCUT2D eigenvalue weighted by molar-refractivity contribution is 5.94. The Hall–Kier alpha value is -2.70. The molecule has 1 aromatic heterocycles. The second kappa shape index (κ2) is 7.73. The van der Waals surface area contributed by atoms with Gasteiger partial charge in [-0.3, -0.25) is 9.59 Å². The van der Waals surface area contributed by atoms with Crippen LogP contribution < -0.4 is 5.32 Å². The minimum absolute atomic E-state index is 0.0233. The molecule has 2 aromatic rings. The summed E-state index contributed by atoms with van der Waals surface area (Å²) in [7, 11) is 0. The van der Waals surface area contributed by atoms with Crippen LogP contribution in [0.4, 0.5) is 4.39 Å². The number of fused-ring (bicyclic) bond motifs is 1. The van der Waals surface area contributed by atoms with Crippen LogP contribution in [0.25, 0.3) is 5.69 Å². The van der Waals surface area contributed by atoms with Gasteiger partial charge in [-0.15, -0.1) is 0 Å². The Kier molecular flexibility index (Phi) is 5.15. The van der Waals surface area contributed by atoms with Gasteiger partial charge in [0.1, 0.15) is 5.82 Å². The topological polar surface area (TPSA) is 84.2 Å². The zero-order valence-electron chi connectivity index (χ0n) is 15.7. The molecule has 0 spiro atoms. The summed E-state index contributed by atoms with van der Waals surface area (Å²) in [5.41, 5.74) is 3.18. The largest absolute Gasteiger partial charge is 0.481 e. The molecule has 148 valence electrons. The van der Waals surface area contributed by atoms with Crippen molar-refractivity contribution in [1.82, 2.24) is 15.1 Å². The van der Waals surface area contributed by atoms with E-state index in [1.165, 1.54) is 12.1 Å². The summed E-state index contributed by atoms with van der Waals surface area (Å²) in [5.74, 6) is -1.57. The lowest BCUT2D eigenvalue weighted by Gasteiger charge is -2.16. The van der Waals surface area contributed by atoms with Gasteiger partial charge in [0, 0.05) is 17.3 Å². The molecule has 2 atom stereocenters. The number of benzene rings is 1. The highest BCUT2D eigenvalue weighted by Gasteiger charge is 2.29. The van der Waals surface area contributed by atoms with E-state index in [0.717, 1.165) is 49.0 Å². The molecular formula is C21H24FN3O3. The highest BCUT2D eigenvalue weighted by atomic mass is 19.1. The fourth-order valence-corrected chi connectivity index (χ4v) is 4.36. The van der Waals surface area contributed by atoms with Crippen molar-refractivity contribution in [1.29, 1.82) is 0 Å². The standard InChI is InChI=1S/C21H24FN3O3/c22-14-8-11-16(12-9-14)25-18-6-2-5-17(18)19(24-25)20(26)23-15-4-1-3-13(7-10-15)21(27)28/h8-9,11-13,15H,1-7,10H2,(H,23,26)(H,27,28). The third-order valence-corrected chi connectivity index (χ3v) is 5.87. The average molecular weight is 385 g/mol. The summed E-state index contributed by atoms with van der Waals surface area (Å²) in [4.78, 5) is 24.2. The maximum Gasteiger partial charge on any atom is 0.306 e. The van der Waals surface area contributed by atoms with Crippen molar-refractivity contribution in [3.8, 4) is 5.69 Å². The molecular weight excluding hydrogens is 361 g/mol. The molecule has 2 unspecified atom stereocenters. The van der Waals surface area contributed by atoms with Crippen molar-refractivity contribution < 1.29 is 19.1 Å². The number of aliphatic carboxylic acids is 1. The van der Waals surface area contributed by atoms with Crippen LogP contribution in [-0.4, -0.2) is 32.8 Å². The van der Waals surface area contributed by atoms with Gasteiger partial charge in [0.25, 0.3) is 5.91 Å². The zero-order valence-corrected chi connectivity index (χ0v) is 15.7. The van der Waals surface area contributed by atoms with E-state index >= 15 is 0 Å². The number of aromatic nitrogens is 2. The molecule has 0 radical (unpaired) electrons. The van der Waals surface area contributed by atoms with Crippen molar-refractivity contribution in [3.63, 3.8) is 0 Å². The molecule has 1 saturated carbocycles. The Bertz CT molecular complexity index is 891. The van der Waals surface area contributed by atoms with E-state index in [2.05, 4.69) is 10.4 Å². The molecule has 0 bridgehead atoms. The number of nitrogens with one attached hydrogen (secondary N) is 1. The Labute approximate surface area is 162 Å². The molecule has 1 heterocycles. The Morgan fingerprint density at radius 1 is 1.07 bits per heavy atom. The van der Waals surface area contributed by atoms with E-state index in [1.54, 1.807) is 16.8 Å². The van der Waals surface area contributed by atoms with Gasteiger partial charge in [-0.05, 0) is 69.2 Å². The van der Waals surface area contributed by atoms with E-state index in [0.29, 0.717) is 25.0 Å². The maximum atomic E-state index is 13.3. The van der Waals surface area contributed by atoms with Crippen LogP contribution in [0.3, 0.4) is 0 Å². The smallest absolute Gasteiger partial charge is 0.306 e. The molecule has 2 N–H and O–H groups in total. The third-order valence-electron chi connectivity index (χ3n) is 5.87. The van der Waals surface area contributed by atoms with Crippen molar-refractivity contribution in [2.45, 2.75) is 57.4 Å². The summed E-state index contributed by atoms with van der Waals surface area (Å²) in [5, 5.41) is 16.8. The van der Waals surface area contributed by atoms with Gasteiger partial charge in [-0.1, -0.05) is 6.42 Å². The lowest BCUT2D eigenvalue weighted by atomic mass is 10.0. The normalized spacial score (nSPS) is 21.8. The molecule has 0 saturated heterocycles. The number of rotatable bonds is 4. The Morgan fingerprint density at radius 2 is 1.86 bits per heavy atom. The van der Waals surface area contributed by atoms with Crippen LogP contribution in [0, 0.1) is 11.7 Å². The van der Waals surface area contributed by atoms with Gasteiger partial charge < -0.3 is 10.4 Å². The molecule has 1 aromatic carbocycles. The molecule has 0 aliphatic heterocycles. The predicted octanol–water partition coefficient (Wildman–Crippen LogP) is 3.26. The van der Waals surface area contributed by atoms with Crippen molar-refractivity contribution >= 4 is 11.9 Å². The van der Waals surface area contributed by atoms with E-state index in [4.69, 9.17) is 0 Å². The van der Waals surface area contributed by atoms with Crippen LogP contribution in [0.2, 0.25) is 0 Å². The molecule has 7 heteroatoms. The van der Waals surface area contributed by atoms with Crippen LogP contribution in [-0.2, 0) is 17.6 Å². The summed E-state index contributed by atoms with van der Waals surface area (Å²) in [6.07, 6.45) is 6.13. The van der Waals surface area contributed by atoms with Crippen LogP contribution in [0.5, 0.6) is 0 Å². The van der Waals surface area contributed by atoms with Gasteiger partial charge in [0.15, 0.2) is 5.69 Å². The van der Waals surface area contributed by atoms with E-state index in [9.17, 15) is 19.1 Å². The summed E-state index contributed by atoms with van der Waals surface area (Å²) in [6.45, 7) is 0. The van der Waals surface area contributed by atoms with E-state index < -0.39 is 5.97 Å². The molecule has 1 amide bonds. The fraction of sp³-hybridized carbons (Fsp3) is 0.476. The summed E-state index contributed by atoms with van der Waals surface area (Å²) < 4.78 is 15.0. The molecule has 28 heavy (non-hydrogen) atoms. The van der Waals surface area contributed by atoms with Crippen molar-refractivity contribution in [2.75, 3.05) is 0 Å². The van der Waals surface area contributed by atoms with Crippen molar-refractivity contribution in [3.05, 3.63) is 47.0 Å². The van der Waals surface area contributed by atoms with E-state index in [1.807, 2.05) is 0 Å². The number of carbonyl (C=O) groups is 2. The number of amides is 1. The molecule has 2 aliphatic carbocycles. The number of carbonyl (C=O) groups excluding carboxylic acids is 1. The maximum absolute atomic E-state index is 13.3. The first-order valence-corrected chi connectivity index (χ1v) is 9.93. The number of hydrogen-bond acceptors (Lipinski definition) is 3. The minimum Gasteiger partial charge on any atom is -0.481 e. The van der Waals surface area contributed by atoms with Crippen LogP contribution in [0.1, 0.15) is 60.3 Å². The van der Waals surface area contributed by atoms with Gasteiger partial charge in [-0.2, -0.15) is 5.10 Å². The summed E-state index contributed by atoms with van der Waals surface area (Å²) >= 11 is 0. The number of halogens is 1. The molecule has 4 rings (SSSR count). The number of hydrogen-bond donors (Lipinski definition) is 2. The fourth-order valence-electron chi connectivity index (χ4n) is 4.36. The second-order valence-electron chi connectivity index (χ2n) is 7.73. The van der Waals surface area contributed by atoms with Crippen LogP contribution in [0.15, 0.2) is 24.3 Å². The third kappa shape index (κ3) is 3.66. The van der Waals surface area contributed by atoms with Gasteiger partial charge in [0.2, 0.25) is 0 Å². The van der Waals surface area contributed by atoms with Gasteiger partial charge in [0.05, 0.1) is 11.6 Å². The predicted molar refractivity (Wildman–Crippen MR) is 101 cm³/mol. The lowest BCUT2D eigenvalue weighted by Crippen LogP contribution is -2.35. The van der Waals surface area contributed by atoms with Gasteiger partial charge >= 0.3 is 5.97 Å². The quantitative estimate of drug-likeness (QED) is 0.791. The monoisotopic (exact) mass is 385 g/mol. The van der Waals surface area contributed by atoms with Crippen molar-refractivity contribution in [2.24, 2.45) is 5.92 Å². The second-order valence-corrected chi connectivity index (χ2v) is 7.73. The minimum atomic E-state index is -0.747.